The fraction of sp³-hybridized carbons (Fsp3) is 0.667. The first-order valence-electron chi connectivity index (χ1n) is 12.0. The highest BCUT2D eigenvalue weighted by Gasteiger charge is 2.30. The zero-order chi connectivity index (χ0) is 21.6. The lowest BCUT2D eigenvalue weighted by Crippen LogP contribution is -2.56. The van der Waals surface area contributed by atoms with Gasteiger partial charge in [0.25, 0.3) is 5.91 Å². The number of hydrogen-bond donors (Lipinski definition) is 1. The largest absolute Gasteiger partial charge is 0.369 e. The van der Waals surface area contributed by atoms with Gasteiger partial charge in [-0.1, -0.05) is 13.3 Å². The number of anilines is 1. The number of nitrogens with one attached hydrogen (secondary N) is 1. The van der Waals surface area contributed by atoms with Gasteiger partial charge in [-0.15, -0.1) is 0 Å². The van der Waals surface area contributed by atoms with Crippen LogP contribution in [0.3, 0.4) is 0 Å². The number of rotatable bonds is 7. The SMILES string of the molecule is CCCNC(=O)c1ccc(N2CCN(CC(=O)N3CCN(C4CCC4)CC3)CC2)cc1. The zero-order valence-electron chi connectivity index (χ0n) is 18.9. The third kappa shape index (κ3) is 5.57. The average molecular weight is 428 g/mol. The van der Waals surface area contributed by atoms with Gasteiger partial charge in [0.05, 0.1) is 6.54 Å². The average Bonchev–Trinajstić information content (AvgIpc) is 2.77. The van der Waals surface area contributed by atoms with Gasteiger partial charge in [-0.3, -0.25) is 19.4 Å². The number of piperazine rings is 2. The molecule has 2 heterocycles. The summed E-state index contributed by atoms with van der Waals surface area (Å²) in [7, 11) is 0. The highest BCUT2D eigenvalue weighted by Crippen LogP contribution is 2.25. The van der Waals surface area contributed by atoms with Crippen LogP contribution in [0.25, 0.3) is 0 Å². The monoisotopic (exact) mass is 427 g/mol. The van der Waals surface area contributed by atoms with Crippen molar-refractivity contribution in [2.75, 3.05) is 70.3 Å². The highest BCUT2D eigenvalue weighted by molar-refractivity contribution is 5.94. The van der Waals surface area contributed by atoms with Crippen molar-refractivity contribution < 1.29 is 9.59 Å². The predicted molar refractivity (Wildman–Crippen MR) is 124 cm³/mol. The summed E-state index contributed by atoms with van der Waals surface area (Å²) in [6.45, 7) is 10.7. The maximum Gasteiger partial charge on any atom is 0.251 e. The van der Waals surface area contributed by atoms with Crippen molar-refractivity contribution in [2.24, 2.45) is 0 Å². The summed E-state index contributed by atoms with van der Waals surface area (Å²) >= 11 is 0. The molecule has 1 aromatic rings. The summed E-state index contributed by atoms with van der Waals surface area (Å²) in [4.78, 5) is 34.1. The van der Waals surface area contributed by atoms with Crippen LogP contribution in [0.2, 0.25) is 0 Å². The lowest BCUT2D eigenvalue weighted by molar-refractivity contribution is -0.134. The Bertz CT molecular complexity index is 733. The van der Waals surface area contributed by atoms with Crippen LogP contribution in [0.1, 0.15) is 43.0 Å². The Balaban J connectivity index is 1.19. The molecule has 1 N–H and O–H groups in total. The fourth-order valence-electron chi connectivity index (χ4n) is 4.71. The van der Waals surface area contributed by atoms with E-state index in [9.17, 15) is 9.59 Å². The van der Waals surface area contributed by atoms with Crippen LogP contribution < -0.4 is 10.2 Å². The van der Waals surface area contributed by atoms with Gasteiger partial charge in [-0.25, -0.2) is 0 Å². The molecule has 3 aliphatic rings. The van der Waals surface area contributed by atoms with Gasteiger partial charge in [0.15, 0.2) is 0 Å². The molecule has 0 unspecified atom stereocenters. The first kappa shape index (κ1) is 22.1. The van der Waals surface area contributed by atoms with Crippen LogP contribution in [0.15, 0.2) is 24.3 Å². The molecule has 1 aromatic carbocycles. The number of nitrogens with zero attached hydrogens (tertiary/aromatic N) is 4. The Morgan fingerprint density at radius 2 is 1.61 bits per heavy atom. The Hall–Kier alpha value is -2.12. The fourth-order valence-corrected chi connectivity index (χ4v) is 4.71. The summed E-state index contributed by atoms with van der Waals surface area (Å²) in [5, 5.41) is 2.91. The summed E-state index contributed by atoms with van der Waals surface area (Å²) < 4.78 is 0. The van der Waals surface area contributed by atoms with E-state index in [-0.39, 0.29) is 11.8 Å². The Morgan fingerprint density at radius 1 is 0.935 bits per heavy atom. The van der Waals surface area contributed by atoms with E-state index in [0.717, 1.165) is 70.5 Å². The second kappa shape index (κ2) is 10.5. The van der Waals surface area contributed by atoms with Crippen molar-refractivity contribution in [1.82, 2.24) is 20.0 Å². The van der Waals surface area contributed by atoms with Crippen molar-refractivity contribution >= 4 is 17.5 Å². The second-order valence-electron chi connectivity index (χ2n) is 9.07. The van der Waals surface area contributed by atoms with Crippen molar-refractivity contribution in [1.29, 1.82) is 0 Å². The lowest BCUT2D eigenvalue weighted by Gasteiger charge is -2.43. The molecular weight excluding hydrogens is 390 g/mol. The smallest absolute Gasteiger partial charge is 0.251 e. The molecule has 1 saturated carbocycles. The molecule has 7 heteroatoms. The maximum atomic E-state index is 12.8. The molecule has 0 aromatic heterocycles. The minimum atomic E-state index is -0.00903. The van der Waals surface area contributed by atoms with Crippen LogP contribution in [0.5, 0.6) is 0 Å². The van der Waals surface area contributed by atoms with E-state index in [1.807, 2.05) is 31.2 Å². The number of carbonyl (C=O) groups is 2. The standard InChI is InChI=1S/C24H37N5O2/c1-2-10-25-24(31)20-6-8-22(9-7-20)27-13-11-26(12-14-27)19-23(30)29-17-15-28(16-18-29)21-4-3-5-21/h6-9,21H,2-5,10-19H2,1H3,(H,25,31). The van der Waals surface area contributed by atoms with Crippen LogP contribution >= 0.6 is 0 Å². The Labute approximate surface area is 186 Å². The highest BCUT2D eigenvalue weighted by atomic mass is 16.2. The zero-order valence-corrected chi connectivity index (χ0v) is 18.9. The van der Waals surface area contributed by atoms with Crippen molar-refractivity contribution in [3.05, 3.63) is 29.8 Å². The van der Waals surface area contributed by atoms with Crippen molar-refractivity contribution in [3.8, 4) is 0 Å². The molecule has 4 rings (SSSR count). The Kier molecular flexibility index (Phi) is 7.45. The van der Waals surface area contributed by atoms with Gasteiger partial charge < -0.3 is 15.1 Å². The van der Waals surface area contributed by atoms with Gasteiger partial charge in [-0.2, -0.15) is 0 Å². The topological polar surface area (TPSA) is 59.1 Å². The summed E-state index contributed by atoms with van der Waals surface area (Å²) in [6, 6.07) is 8.65. The van der Waals surface area contributed by atoms with E-state index in [1.54, 1.807) is 0 Å². The Morgan fingerprint density at radius 3 is 2.19 bits per heavy atom. The summed E-state index contributed by atoms with van der Waals surface area (Å²) in [5.74, 6) is 0.273. The number of carbonyl (C=O) groups excluding carboxylic acids is 2. The van der Waals surface area contributed by atoms with Crippen molar-refractivity contribution in [2.45, 2.75) is 38.6 Å². The molecule has 1 aliphatic carbocycles. The molecule has 7 nitrogen and oxygen atoms in total. The van der Waals surface area contributed by atoms with Crippen LogP contribution in [-0.2, 0) is 4.79 Å². The molecule has 2 aliphatic heterocycles. The van der Waals surface area contributed by atoms with Gasteiger partial charge in [0.1, 0.15) is 0 Å². The normalized spacial score (nSPS) is 21.1. The third-order valence-corrected chi connectivity index (χ3v) is 7.02. The van der Waals surface area contributed by atoms with Crippen LogP contribution in [0.4, 0.5) is 5.69 Å². The predicted octanol–water partition coefficient (Wildman–Crippen LogP) is 1.65. The van der Waals surface area contributed by atoms with E-state index in [4.69, 9.17) is 0 Å². The minimum absolute atomic E-state index is 0.00903. The van der Waals surface area contributed by atoms with E-state index in [2.05, 4.69) is 24.9 Å². The molecule has 0 bridgehead atoms. The molecule has 2 amide bonds. The number of benzene rings is 1. The number of amides is 2. The third-order valence-electron chi connectivity index (χ3n) is 7.02. The van der Waals surface area contributed by atoms with Crippen LogP contribution in [-0.4, -0.2) is 98.0 Å². The molecule has 0 spiro atoms. The van der Waals surface area contributed by atoms with Gasteiger partial charge >= 0.3 is 0 Å². The quantitative estimate of drug-likeness (QED) is 0.717. The van der Waals surface area contributed by atoms with E-state index < -0.39 is 0 Å². The minimum Gasteiger partial charge on any atom is -0.369 e. The molecule has 0 atom stereocenters. The second-order valence-corrected chi connectivity index (χ2v) is 9.07. The van der Waals surface area contributed by atoms with E-state index in [1.165, 1.54) is 19.3 Å². The van der Waals surface area contributed by atoms with Crippen LogP contribution in [0, 0.1) is 0 Å². The molecule has 170 valence electrons. The number of hydrogen-bond acceptors (Lipinski definition) is 5. The summed E-state index contributed by atoms with van der Waals surface area (Å²) in [5.41, 5.74) is 1.85. The maximum absolute atomic E-state index is 12.8. The first-order chi connectivity index (χ1) is 15.1. The molecule has 2 saturated heterocycles. The van der Waals surface area contributed by atoms with E-state index >= 15 is 0 Å². The lowest BCUT2D eigenvalue weighted by atomic mass is 9.91. The van der Waals surface area contributed by atoms with Gasteiger partial charge in [0, 0.05) is 76.2 Å². The molecular formula is C24H37N5O2. The van der Waals surface area contributed by atoms with E-state index in [0.29, 0.717) is 18.7 Å². The summed E-state index contributed by atoms with van der Waals surface area (Å²) in [6.07, 6.45) is 4.99. The first-order valence-corrected chi connectivity index (χ1v) is 12.0. The van der Waals surface area contributed by atoms with Gasteiger partial charge in [0.2, 0.25) is 5.91 Å². The van der Waals surface area contributed by atoms with Gasteiger partial charge in [-0.05, 0) is 43.5 Å². The molecule has 3 fully saturated rings. The van der Waals surface area contributed by atoms with Crippen molar-refractivity contribution in [3.63, 3.8) is 0 Å². The molecule has 31 heavy (non-hydrogen) atoms. The molecule has 0 radical (unpaired) electrons.